The summed E-state index contributed by atoms with van der Waals surface area (Å²) in [5.74, 6) is -0.190. The van der Waals surface area contributed by atoms with Crippen LogP contribution >= 0.6 is 11.8 Å². The van der Waals surface area contributed by atoms with Crippen LogP contribution in [0.5, 0.6) is 0 Å². The van der Waals surface area contributed by atoms with E-state index in [1.165, 1.54) is 17.8 Å². The van der Waals surface area contributed by atoms with E-state index in [1.807, 2.05) is 6.92 Å². The Morgan fingerprint density at radius 1 is 1.50 bits per heavy atom. The molecule has 0 atom stereocenters. The number of thioether (sulfide) groups is 1. The van der Waals surface area contributed by atoms with E-state index in [9.17, 15) is 9.18 Å². The molecule has 0 spiro atoms. The van der Waals surface area contributed by atoms with E-state index in [2.05, 4.69) is 11.9 Å². The Morgan fingerprint density at radius 3 is 2.81 bits per heavy atom. The molecular formula is C12H14FNOS. The van der Waals surface area contributed by atoms with E-state index < -0.39 is 0 Å². The highest BCUT2D eigenvalue weighted by molar-refractivity contribution is 8.00. The molecule has 0 aliphatic carbocycles. The van der Waals surface area contributed by atoms with Crippen LogP contribution in [0.3, 0.4) is 0 Å². The van der Waals surface area contributed by atoms with Gasteiger partial charge >= 0.3 is 0 Å². The van der Waals surface area contributed by atoms with Crippen molar-refractivity contribution in [1.29, 1.82) is 0 Å². The number of hydrogen-bond donors (Lipinski definition) is 1. The standard InChI is InChI=1S/C12H14FNOS/c1-9(2)7-14-12(15)8-16-11-6-4-3-5-10(11)13/h3-6H,1,7-8H2,2H3,(H,14,15). The summed E-state index contributed by atoms with van der Waals surface area (Å²) in [5, 5.41) is 2.69. The van der Waals surface area contributed by atoms with Gasteiger partial charge in [-0.05, 0) is 19.1 Å². The first-order valence-corrected chi connectivity index (χ1v) is 5.86. The smallest absolute Gasteiger partial charge is 0.230 e. The summed E-state index contributed by atoms with van der Waals surface area (Å²) >= 11 is 1.19. The summed E-state index contributed by atoms with van der Waals surface area (Å²) < 4.78 is 13.2. The Hall–Kier alpha value is -1.29. The molecule has 0 aliphatic rings. The third-order valence-electron chi connectivity index (χ3n) is 1.78. The van der Waals surface area contributed by atoms with E-state index in [4.69, 9.17) is 0 Å². The molecule has 0 bridgehead atoms. The van der Waals surface area contributed by atoms with E-state index in [0.29, 0.717) is 11.4 Å². The van der Waals surface area contributed by atoms with Crippen LogP contribution in [0.2, 0.25) is 0 Å². The van der Waals surface area contributed by atoms with Gasteiger partial charge in [-0.2, -0.15) is 0 Å². The molecule has 0 heterocycles. The third-order valence-corrected chi connectivity index (χ3v) is 2.83. The third kappa shape index (κ3) is 4.49. The second kappa shape index (κ2) is 6.33. The van der Waals surface area contributed by atoms with Crippen LogP contribution in [0, 0.1) is 5.82 Å². The van der Waals surface area contributed by atoms with Crippen LogP contribution in [-0.4, -0.2) is 18.2 Å². The Bertz CT molecular complexity index is 392. The van der Waals surface area contributed by atoms with Gasteiger partial charge in [-0.25, -0.2) is 4.39 Å². The number of amides is 1. The molecular weight excluding hydrogens is 225 g/mol. The largest absolute Gasteiger partial charge is 0.352 e. The average Bonchev–Trinajstić information content (AvgIpc) is 2.25. The van der Waals surface area contributed by atoms with Crippen LogP contribution in [-0.2, 0) is 4.79 Å². The van der Waals surface area contributed by atoms with Crippen LogP contribution in [0.4, 0.5) is 4.39 Å². The van der Waals surface area contributed by atoms with Gasteiger partial charge in [-0.15, -0.1) is 11.8 Å². The molecule has 4 heteroatoms. The molecule has 0 radical (unpaired) electrons. The lowest BCUT2D eigenvalue weighted by Gasteiger charge is -2.05. The molecule has 1 amide bonds. The van der Waals surface area contributed by atoms with Crippen molar-refractivity contribution < 1.29 is 9.18 Å². The van der Waals surface area contributed by atoms with Gasteiger partial charge < -0.3 is 5.32 Å². The summed E-state index contributed by atoms with van der Waals surface area (Å²) in [6.07, 6.45) is 0. The molecule has 0 unspecified atom stereocenters. The first-order valence-electron chi connectivity index (χ1n) is 4.88. The number of nitrogens with one attached hydrogen (secondary N) is 1. The van der Waals surface area contributed by atoms with E-state index in [1.54, 1.807) is 18.2 Å². The average molecular weight is 239 g/mol. The maximum absolute atomic E-state index is 13.2. The SMILES string of the molecule is C=C(C)CNC(=O)CSc1ccccc1F. The second-order valence-electron chi connectivity index (χ2n) is 3.45. The first-order chi connectivity index (χ1) is 7.59. The number of carbonyl (C=O) groups is 1. The highest BCUT2D eigenvalue weighted by Gasteiger charge is 2.05. The molecule has 1 aromatic carbocycles. The van der Waals surface area contributed by atoms with Gasteiger partial charge in [0.15, 0.2) is 0 Å². The van der Waals surface area contributed by atoms with Gasteiger partial charge in [0.25, 0.3) is 0 Å². The number of carbonyl (C=O) groups excluding carboxylic acids is 1. The molecule has 0 saturated carbocycles. The lowest BCUT2D eigenvalue weighted by atomic mass is 10.3. The predicted octanol–water partition coefficient (Wildman–Crippen LogP) is 2.61. The minimum absolute atomic E-state index is 0.115. The highest BCUT2D eigenvalue weighted by atomic mass is 32.2. The fourth-order valence-electron chi connectivity index (χ4n) is 1.01. The molecule has 0 fully saturated rings. The quantitative estimate of drug-likeness (QED) is 0.632. The van der Waals surface area contributed by atoms with E-state index >= 15 is 0 Å². The lowest BCUT2D eigenvalue weighted by Crippen LogP contribution is -2.26. The van der Waals surface area contributed by atoms with Crippen molar-refractivity contribution in [3.05, 3.63) is 42.2 Å². The van der Waals surface area contributed by atoms with Crippen LogP contribution < -0.4 is 5.32 Å². The monoisotopic (exact) mass is 239 g/mol. The summed E-state index contributed by atoms with van der Waals surface area (Å²) in [6.45, 7) is 5.98. The van der Waals surface area contributed by atoms with Crippen molar-refractivity contribution in [3.63, 3.8) is 0 Å². The van der Waals surface area contributed by atoms with Crippen LogP contribution in [0.15, 0.2) is 41.3 Å². The summed E-state index contributed by atoms with van der Waals surface area (Å²) in [5.41, 5.74) is 0.893. The van der Waals surface area contributed by atoms with Crippen molar-refractivity contribution in [1.82, 2.24) is 5.32 Å². The van der Waals surface area contributed by atoms with Crippen molar-refractivity contribution in [2.24, 2.45) is 0 Å². The Kier molecular flexibility index (Phi) is 5.05. The summed E-state index contributed by atoms with van der Waals surface area (Å²) in [4.78, 5) is 11.8. The van der Waals surface area contributed by atoms with Crippen molar-refractivity contribution >= 4 is 17.7 Å². The molecule has 0 aromatic heterocycles. The van der Waals surface area contributed by atoms with Crippen molar-refractivity contribution in [2.75, 3.05) is 12.3 Å². The minimum atomic E-state index is -0.291. The molecule has 0 aliphatic heterocycles. The molecule has 1 aromatic rings. The predicted molar refractivity (Wildman–Crippen MR) is 64.9 cm³/mol. The van der Waals surface area contributed by atoms with Gasteiger partial charge in [0, 0.05) is 11.4 Å². The number of hydrogen-bond acceptors (Lipinski definition) is 2. The zero-order valence-electron chi connectivity index (χ0n) is 9.13. The zero-order chi connectivity index (χ0) is 12.0. The number of rotatable bonds is 5. The topological polar surface area (TPSA) is 29.1 Å². The van der Waals surface area contributed by atoms with E-state index in [0.717, 1.165) is 5.57 Å². The number of benzene rings is 1. The molecule has 2 nitrogen and oxygen atoms in total. The zero-order valence-corrected chi connectivity index (χ0v) is 9.94. The fourth-order valence-corrected chi connectivity index (χ4v) is 1.77. The first kappa shape index (κ1) is 12.8. The fraction of sp³-hybridized carbons (Fsp3) is 0.250. The minimum Gasteiger partial charge on any atom is -0.352 e. The normalized spacial score (nSPS) is 9.88. The molecule has 0 saturated heterocycles. The van der Waals surface area contributed by atoms with Gasteiger partial charge in [0.05, 0.1) is 5.75 Å². The molecule has 16 heavy (non-hydrogen) atoms. The molecule has 1 rings (SSSR count). The van der Waals surface area contributed by atoms with Crippen LogP contribution in [0.25, 0.3) is 0 Å². The summed E-state index contributed by atoms with van der Waals surface area (Å²) in [7, 11) is 0. The molecule has 1 N–H and O–H groups in total. The Balaban J connectivity index is 2.37. The van der Waals surface area contributed by atoms with Gasteiger partial charge in [-0.1, -0.05) is 24.3 Å². The summed E-state index contributed by atoms with van der Waals surface area (Å²) in [6, 6.07) is 6.41. The maximum Gasteiger partial charge on any atom is 0.230 e. The van der Waals surface area contributed by atoms with E-state index in [-0.39, 0.29) is 17.5 Å². The second-order valence-corrected chi connectivity index (χ2v) is 4.47. The maximum atomic E-state index is 13.2. The lowest BCUT2D eigenvalue weighted by molar-refractivity contribution is -0.118. The number of halogens is 1. The van der Waals surface area contributed by atoms with Crippen molar-refractivity contribution in [3.8, 4) is 0 Å². The van der Waals surface area contributed by atoms with Crippen molar-refractivity contribution in [2.45, 2.75) is 11.8 Å². The van der Waals surface area contributed by atoms with Gasteiger partial charge in [0.2, 0.25) is 5.91 Å². The molecule has 86 valence electrons. The van der Waals surface area contributed by atoms with Crippen LogP contribution in [0.1, 0.15) is 6.92 Å². The van der Waals surface area contributed by atoms with Gasteiger partial charge in [0.1, 0.15) is 5.82 Å². The Morgan fingerprint density at radius 2 is 2.19 bits per heavy atom. The Labute approximate surface area is 98.9 Å². The highest BCUT2D eigenvalue weighted by Crippen LogP contribution is 2.20. The van der Waals surface area contributed by atoms with Gasteiger partial charge in [-0.3, -0.25) is 4.79 Å².